The van der Waals surface area contributed by atoms with Gasteiger partial charge in [-0.05, 0) is 30.8 Å². The number of aromatic amines is 1. The summed E-state index contributed by atoms with van der Waals surface area (Å²) < 4.78 is 0.919. The van der Waals surface area contributed by atoms with Gasteiger partial charge in [0.25, 0.3) is 11.5 Å². The maximum Gasteiger partial charge on any atom is 0.261 e. The summed E-state index contributed by atoms with van der Waals surface area (Å²) in [5.74, 6) is -0.182. The van der Waals surface area contributed by atoms with Gasteiger partial charge < -0.3 is 14.8 Å². The molecule has 0 spiro atoms. The Morgan fingerprint density at radius 3 is 2.64 bits per heavy atom. The first-order valence-corrected chi connectivity index (χ1v) is 8.22. The van der Waals surface area contributed by atoms with Crippen molar-refractivity contribution in [1.29, 1.82) is 0 Å². The molecule has 0 aliphatic carbocycles. The van der Waals surface area contributed by atoms with E-state index in [2.05, 4.69) is 32.7 Å². The molecule has 2 aromatic rings. The van der Waals surface area contributed by atoms with E-state index in [-0.39, 0.29) is 17.0 Å². The standard InChI is InChI=1S/C16H18BrN3O2/c1-2-19-5-7-20(8-6-19)16(22)13-10-11-9-12(17)3-4-14(11)18-15(13)21/h3-4,9-10H,2,5-8H2,1H3,(H,18,21). The summed E-state index contributed by atoms with van der Waals surface area (Å²) in [6.45, 7) is 6.17. The average Bonchev–Trinajstić information content (AvgIpc) is 2.54. The molecule has 1 aliphatic rings. The smallest absolute Gasteiger partial charge is 0.261 e. The van der Waals surface area contributed by atoms with Gasteiger partial charge in [0.15, 0.2) is 0 Å². The number of nitrogens with zero attached hydrogens (tertiary/aromatic N) is 2. The number of hydrogen-bond acceptors (Lipinski definition) is 3. The number of piperazine rings is 1. The Hall–Kier alpha value is -1.66. The number of nitrogens with one attached hydrogen (secondary N) is 1. The van der Waals surface area contributed by atoms with E-state index in [4.69, 9.17) is 0 Å². The lowest BCUT2D eigenvalue weighted by Gasteiger charge is -2.33. The van der Waals surface area contributed by atoms with E-state index in [1.54, 1.807) is 11.0 Å². The van der Waals surface area contributed by atoms with Gasteiger partial charge in [0.2, 0.25) is 0 Å². The zero-order chi connectivity index (χ0) is 15.7. The van der Waals surface area contributed by atoms with E-state index in [9.17, 15) is 9.59 Å². The van der Waals surface area contributed by atoms with Crippen LogP contribution in [0.5, 0.6) is 0 Å². The monoisotopic (exact) mass is 363 g/mol. The number of pyridine rings is 1. The predicted octanol–water partition coefficient (Wildman–Crippen LogP) is 2.07. The molecule has 22 heavy (non-hydrogen) atoms. The van der Waals surface area contributed by atoms with Gasteiger partial charge in [0.1, 0.15) is 5.56 Å². The van der Waals surface area contributed by atoms with Gasteiger partial charge in [-0.1, -0.05) is 22.9 Å². The Morgan fingerprint density at radius 1 is 1.23 bits per heavy atom. The van der Waals surface area contributed by atoms with E-state index >= 15 is 0 Å². The maximum absolute atomic E-state index is 12.6. The SMILES string of the molecule is CCN1CCN(C(=O)c2cc3cc(Br)ccc3[nH]c2=O)CC1. The lowest BCUT2D eigenvalue weighted by molar-refractivity contribution is 0.0642. The molecule has 6 heteroatoms. The van der Waals surface area contributed by atoms with Crippen LogP contribution in [0.15, 0.2) is 33.5 Å². The van der Waals surface area contributed by atoms with Crippen LogP contribution in [-0.4, -0.2) is 53.4 Å². The van der Waals surface area contributed by atoms with Crippen molar-refractivity contribution in [1.82, 2.24) is 14.8 Å². The minimum atomic E-state index is -0.322. The number of benzene rings is 1. The number of carbonyl (C=O) groups is 1. The Bertz CT molecular complexity index is 764. The summed E-state index contributed by atoms with van der Waals surface area (Å²) in [7, 11) is 0. The third kappa shape index (κ3) is 2.94. The van der Waals surface area contributed by atoms with Crippen molar-refractivity contribution in [3.8, 4) is 0 Å². The number of rotatable bonds is 2. The van der Waals surface area contributed by atoms with Crippen LogP contribution < -0.4 is 5.56 Å². The third-order valence-electron chi connectivity index (χ3n) is 4.14. The number of H-pyrrole nitrogens is 1. The highest BCUT2D eigenvalue weighted by atomic mass is 79.9. The molecule has 3 rings (SSSR count). The van der Waals surface area contributed by atoms with Crippen molar-refractivity contribution in [2.24, 2.45) is 0 Å². The molecule has 0 bridgehead atoms. The molecule has 1 fully saturated rings. The first kappa shape index (κ1) is 15.2. The molecule has 0 radical (unpaired) electrons. The van der Waals surface area contributed by atoms with Gasteiger partial charge in [-0.15, -0.1) is 0 Å². The van der Waals surface area contributed by atoms with Crippen LogP contribution in [-0.2, 0) is 0 Å². The number of likely N-dealkylation sites (N-methyl/N-ethyl adjacent to an activating group) is 1. The second-order valence-electron chi connectivity index (χ2n) is 5.47. The van der Waals surface area contributed by atoms with E-state index in [0.29, 0.717) is 13.1 Å². The largest absolute Gasteiger partial charge is 0.336 e. The minimum absolute atomic E-state index is 0.182. The van der Waals surface area contributed by atoms with Crippen molar-refractivity contribution < 1.29 is 4.79 Å². The molecule has 2 heterocycles. The van der Waals surface area contributed by atoms with Crippen LogP contribution in [0.3, 0.4) is 0 Å². The van der Waals surface area contributed by atoms with Crippen LogP contribution in [0.4, 0.5) is 0 Å². The quantitative estimate of drug-likeness (QED) is 0.888. The molecular formula is C16H18BrN3O2. The Labute approximate surface area is 137 Å². The summed E-state index contributed by atoms with van der Waals surface area (Å²) in [5.41, 5.74) is 0.633. The van der Waals surface area contributed by atoms with Crippen molar-refractivity contribution in [3.63, 3.8) is 0 Å². The van der Waals surface area contributed by atoms with E-state index < -0.39 is 0 Å². The molecule has 1 saturated heterocycles. The summed E-state index contributed by atoms with van der Waals surface area (Å²) in [5, 5.41) is 0.851. The van der Waals surface area contributed by atoms with Crippen LogP contribution >= 0.6 is 15.9 Å². The molecule has 5 nitrogen and oxygen atoms in total. The van der Waals surface area contributed by atoms with E-state index in [1.165, 1.54) is 0 Å². The van der Waals surface area contributed by atoms with Gasteiger partial charge in [-0.3, -0.25) is 9.59 Å². The number of aromatic nitrogens is 1. The van der Waals surface area contributed by atoms with Gasteiger partial charge in [-0.2, -0.15) is 0 Å². The lowest BCUT2D eigenvalue weighted by Crippen LogP contribution is -2.49. The number of carbonyl (C=O) groups excluding carboxylic acids is 1. The zero-order valence-electron chi connectivity index (χ0n) is 12.4. The van der Waals surface area contributed by atoms with Crippen molar-refractivity contribution in [2.45, 2.75) is 6.92 Å². The Balaban J connectivity index is 1.90. The average molecular weight is 364 g/mol. The first-order valence-electron chi connectivity index (χ1n) is 7.42. The van der Waals surface area contributed by atoms with Crippen molar-refractivity contribution in [2.75, 3.05) is 32.7 Å². The lowest BCUT2D eigenvalue weighted by atomic mass is 10.1. The minimum Gasteiger partial charge on any atom is -0.336 e. The Morgan fingerprint density at radius 2 is 1.95 bits per heavy atom. The zero-order valence-corrected chi connectivity index (χ0v) is 14.0. The summed E-state index contributed by atoms with van der Waals surface area (Å²) in [4.78, 5) is 31.7. The number of fused-ring (bicyclic) bond motifs is 1. The summed E-state index contributed by atoms with van der Waals surface area (Å²) in [6, 6.07) is 7.28. The third-order valence-corrected chi connectivity index (χ3v) is 4.64. The summed E-state index contributed by atoms with van der Waals surface area (Å²) >= 11 is 3.41. The van der Waals surface area contributed by atoms with Crippen LogP contribution in [0.1, 0.15) is 17.3 Å². The second-order valence-corrected chi connectivity index (χ2v) is 6.39. The maximum atomic E-state index is 12.6. The molecule has 116 valence electrons. The van der Waals surface area contributed by atoms with Crippen LogP contribution in [0.2, 0.25) is 0 Å². The predicted molar refractivity (Wildman–Crippen MR) is 90.3 cm³/mol. The molecule has 1 aromatic heterocycles. The van der Waals surface area contributed by atoms with Crippen molar-refractivity contribution >= 4 is 32.7 Å². The first-order chi connectivity index (χ1) is 10.6. The highest BCUT2D eigenvalue weighted by Crippen LogP contribution is 2.18. The number of amides is 1. The van der Waals surface area contributed by atoms with E-state index in [1.807, 2.05) is 18.2 Å². The molecule has 1 N–H and O–H groups in total. The molecule has 1 aromatic carbocycles. The number of halogens is 1. The molecular weight excluding hydrogens is 346 g/mol. The number of hydrogen-bond donors (Lipinski definition) is 1. The fourth-order valence-electron chi connectivity index (χ4n) is 2.77. The molecule has 0 atom stereocenters. The highest BCUT2D eigenvalue weighted by Gasteiger charge is 2.23. The topological polar surface area (TPSA) is 56.4 Å². The van der Waals surface area contributed by atoms with Gasteiger partial charge in [0, 0.05) is 41.6 Å². The fraction of sp³-hybridized carbons (Fsp3) is 0.375. The Kier molecular flexibility index (Phi) is 4.31. The van der Waals surface area contributed by atoms with Gasteiger partial charge in [0.05, 0.1) is 0 Å². The molecule has 0 saturated carbocycles. The summed E-state index contributed by atoms with van der Waals surface area (Å²) in [6.07, 6.45) is 0. The van der Waals surface area contributed by atoms with Crippen molar-refractivity contribution in [3.05, 3.63) is 44.7 Å². The second kappa shape index (κ2) is 6.22. The molecule has 1 amide bonds. The molecule has 0 unspecified atom stereocenters. The fourth-order valence-corrected chi connectivity index (χ4v) is 3.15. The highest BCUT2D eigenvalue weighted by molar-refractivity contribution is 9.10. The normalized spacial score (nSPS) is 16.2. The van der Waals surface area contributed by atoms with Crippen LogP contribution in [0, 0.1) is 0 Å². The van der Waals surface area contributed by atoms with E-state index in [0.717, 1.165) is 35.0 Å². The molecule has 1 aliphatic heterocycles. The van der Waals surface area contributed by atoms with Gasteiger partial charge in [-0.25, -0.2) is 0 Å². The van der Waals surface area contributed by atoms with Crippen LogP contribution in [0.25, 0.3) is 10.9 Å². The van der Waals surface area contributed by atoms with Gasteiger partial charge >= 0.3 is 0 Å².